The van der Waals surface area contributed by atoms with Crippen molar-refractivity contribution < 1.29 is 0 Å². The van der Waals surface area contributed by atoms with Crippen molar-refractivity contribution in [3.63, 3.8) is 0 Å². The van der Waals surface area contributed by atoms with Gasteiger partial charge >= 0.3 is 0 Å². The highest BCUT2D eigenvalue weighted by Crippen LogP contribution is 2.56. The fraction of sp³-hybridized carbons (Fsp3) is 0.0714. The topological polar surface area (TPSA) is 11.4 Å². The van der Waals surface area contributed by atoms with E-state index in [0.717, 1.165) is 34.1 Å². The fourth-order valence-corrected chi connectivity index (χ4v) is 14.4. The van der Waals surface area contributed by atoms with Crippen LogP contribution in [0.15, 0.2) is 309 Å². The minimum absolute atomic E-state index is 0.275. The lowest BCUT2D eigenvalue weighted by molar-refractivity contribution is 0.660. The molecule has 0 atom stereocenters. The zero-order valence-corrected chi connectivity index (χ0v) is 49.3. The number of hydrogen-bond acceptors (Lipinski definition) is 2. The molecule has 0 bridgehead atoms. The Balaban J connectivity index is 0.778. The van der Waals surface area contributed by atoms with Crippen LogP contribution in [0.2, 0.25) is 0 Å². The predicted octanol–water partition coefficient (Wildman–Crippen LogP) is 23.0. The summed E-state index contributed by atoms with van der Waals surface area (Å²) in [5.41, 5.74) is 28.7. The van der Waals surface area contributed by atoms with Crippen molar-refractivity contribution in [2.75, 3.05) is 9.80 Å². The average molecular weight is 1110 g/mol. The molecule has 2 aliphatic rings. The zero-order chi connectivity index (χ0) is 58.4. The lowest BCUT2D eigenvalue weighted by atomic mass is 9.80. The van der Waals surface area contributed by atoms with E-state index in [0.29, 0.717) is 0 Å². The van der Waals surface area contributed by atoms with E-state index in [1.807, 2.05) is 0 Å². The average Bonchev–Trinajstić information content (AvgIpc) is 1.75. The van der Waals surface area contributed by atoms with Gasteiger partial charge in [-0.2, -0.15) is 0 Å². The van der Waals surface area contributed by atoms with Gasteiger partial charge in [-0.3, -0.25) is 0 Å². The van der Waals surface area contributed by atoms with Crippen molar-refractivity contribution >= 4 is 55.8 Å². The molecule has 1 heterocycles. The number of para-hydroxylation sites is 2. The Labute approximate surface area is 510 Å². The van der Waals surface area contributed by atoms with Crippen LogP contribution in [0.3, 0.4) is 0 Å². The maximum Gasteiger partial charge on any atom is 0.0619 e. The molecular formula is C84H63N3. The number of nitrogens with zero attached hydrogens (tertiary/aromatic N) is 3. The van der Waals surface area contributed by atoms with E-state index in [2.05, 4.69) is 351 Å². The first-order chi connectivity index (χ1) is 42.7. The number of anilines is 6. The molecule has 2 aliphatic carbocycles. The van der Waals surface area contributed by atoms with Crippen LogP contribution in [0.1, 0.15) is 49.9 Å². The van der Waals surface area contributed by atoms with Gasteiger partial charge < -0.3 is 14.4 Å². The third-order valence-corrected chi connectivity index (χ3v) is 18.8. The first-order valence-electron chi connectivity index (χ1n) is 30.4. The van der Waals surface area contributed by atoms with Gasteiger partial charge in [0.1, 0.15) is 0 Å². The summed E-state index contributed by atoms with van der Waals surface area (Å²) < 4.78 is 2.55. The van der Waals surface area contributed by atoms with Crippen molar-refractivity contribution in [2.24, 2.45) is 0 Å². The van der Waals surface area contributed by atoms with Crippen LogP contribution in [0, 0.1) is 0 Å². The van der Waals surface area contributed by atoms with Crippen LogP contribution in [0.4, 0.5) is 34.1 Å². The fourth-order valence-electron chi connectivity index (χ4n) is 14.4. The SMILES string of the molecule is CC1(C)c2cc(-c3ccc4c(c3)C(C)(C)c3cc5c(cc3-4)c(-c3ccccc3)c(-c3ccccc3)n5-c3cccc4ccccc34)ccc2-c2ccc(N(c3ccc(-c4ccccc4)cc3)c3ccc(N(c4ccccc4)c4ccccc4)cc3)cc21. The van der Waals surface area contributed by atoms with Gasteiger partial charge in [0.05, 0.1) is 16.9 Å². The highest BCUT2D eigenvalue weighted by Gasteiger charge is 2.39. The van der Waals surface area contributed by atoms with E-state index in [9.17, 15) is 0 Å². The Hall–Kier alpha value is -10.7. The molecule has 0 saturated heterocycles. The van der Waals surface area contributed by atoms with E-state index >= 15 is 0 Å². The van der Waals surface area contributed by atoms with Gasteiger partial charge in [-0.1, -0.05) is 234 Å². The molecule has 14 aromatic rings. The predicted molar refractivity (Wildman–Crippen MR) is 367 cm³/mol. The number of benzene rings is 13. The molecule has 0 fully saturated rings. The van der Waals surface area contributed by atoms with Crippen LogP contribution >= 0.6 is 0 Å². The normalized spacial score (nSPS) is 13.2. The quantitative estimate of drug-likeness (QED) is 0.128. The van der Waals surface area contributed by atoms with E-state index in [-0.39, 0.29) is 10.8 Å². The molecule has 3 nitrogen and oxygen atoms in total. The number of hydrogen-bond donors (Lipinski definition) is 0. The van der Waals surface area contributed by atoms with Gasteiger partial charge in [-0.15, -0.1) is 0 Å². The molecule has 13 aromatic carbocycles. The minimum atomic E-state index is -0.277. The lowest BCUT2D eigenvalue weighted by Crippen LogP contribution is -2.17. The molecule has 16 rings (SSSR count). The summed E-state index contributed by atoms with van der Waals surface area (Å²) in [6, 6.07) is 114. The molecule has 0 aliphatic heterocycles. The lowest BCUT2D eigenvalue weighted by Gasteiger charge is -2.29. The smallest absolute Gasteiger partial charge is 0.0619 e. The molecule has 1 aromatic heterocycles. The first kappa shape index (κ1) is 51.9. The van der Waals surface area contributed by atoms with Crippen LogP contribution in [0.25, 0.3) is 94.3 Å². The van der Waals surface area contributed by atoms with Gasteiger partial charge in [0.15, 0.2) is 0 Å². The maximum atomic E-state index is 2.55. The standard InChI is InChI=1S/C84H63N3/c1-83(2)75-51-61(62-40-49-72-73-54-74-80(55-78(73)84(3,4)76(72)52-62)87(79-36-22-30-58-25-20-21-35-69(58)79)82(60-28-14-7-15-29-60)81(74)59-26-12-6-13-27-59)39-48-70(75)71-50-47-68(53-77(71)83)86(65-41-37-57(38-42-65)56-23-10-5-11-24-56)67-45-43-66(44-46-67)85(63-31-16-8-17-32-63)64-33-18-9-19-34-64/h5-55H,1-4H3. The first-order valence-corrected chi connectivity index (χ1v) is 30.4. The minimum Gasteiger partial charge on any atom is -0.311 e. The van der Waals surface area contributed by atoms with Crippen LogP contribution < -0.4 is 9.80 Å². The highest BCUT2D eigenvalue weighted by atomic mass is 15.2. The van der Waals surface area contributed by atoms with E-state index in [1.54, 1.807) is 0 Å². The summed E-state index contributed by atoms with van der Waals surface area (Å²) in [6.45, 7) is 9.67. The van der Waals surface area contributed by atoms with Crippen molar-refractivity contribution in [1.82, 2.24) is 4.57 Å². The van der Waals surface area contributed by atoms with Gasteiger partial charge in [0.2, 0.25) is 0 Å². The van der Waals surface area contributed by atoms with Crippen molar-refractivity contribution in [3.05, 3.63) is 332 Å². The summed E-state index contributed by atoms with van der Waals surface area (Å²) >= 11 is 0. The second-order valence-corrected chi connectivity index (χ2v) is 24.5. The molecule has 3 heteroatoms. The molecule has 0 radical (unpaired) electrons. The molecule has 0 spiro atoms. The van der Waals surface area contributed by atoms with Crippen LogP contribution in [0.5, 0.6) is 0 Å². The molecule has 87 heavy (non-hydrogen) atoms. The van der Waals surface area contributed by atoms with Gasteiger partial charge in [0.25, 0.3) is 0 Å². The van der Waals surface area contributed by atoms with Gasteiger partial charge in [0, 0.05) is 61.3 Å². The number of aromatic nitrogens is 1. The Morgan fingerprint density at radius 3 is 1.23 bits per heavy atom. The number of rotatable bonds is 11. The van der Waals surface area contributed by atoms with E-state index in [1.165, 1.54) is 117 Å². The maximum absolute atomic E-state index is 2.55. The van der Waals surface area contributed by atoms with Crippen molar-refractivity contribution in [3.8, 4) is 72.6 Å². The Morgan fingerprint density at radius 1 is 0.264 bits per heavy atom. The van der Waals surface area contributed by atoms with Crippen molar-refractivity contribution in [2.45, 2.75) is 38.5 Å². The summed E-state index contributed by atoms with van der Waals surface area (Å²) in [7, 11) is 0. The zero-order valence-electron chi connectivity index (χ0n) is 49.3. The van der Waals surface area contributed by atoms with Crippen LogP contribution in [-0.2, 0) is 10.8 Å². The molecule has 414 valence electrons. The Kier molecular flexibility index (Phi) is 12.2. The largest absolute Gasteiger partial charge is 0.311 e. The molecule has 0 unspecified atom stereocenters. The number of fused-ring (bicyclic) bond motifs is 8. The molecule has 0 saturated carbocycles. The van der Waals surface area contributed by atoms with E-state index in [4.69, 9.17) is 0 Å². The van der Waals surface area contributed by atoms with Gasteiger partial charge in [-0.25, -0.2) is 0 Å². The second kappa shape index (κ2) is 20.5. The summed E-state index contributed by atoms with van der Waals surface area (Å²) in [5.74, 6) is 0. The third kappa shape index (κ3) is 8.56. The third-order valence-electron chi connectivity index (χ3n) is 18.8. The molecule has 0 amide bonds. The Bertz CT molecular complexity index is 4880. The summed E-state index contributed by atoms with van der Waals surface area (Å²) in [5, 5.41) is 3.70. The monoisotopic (exact) mass is 1110 g/mol. The second-order valence-electron chi connectivity index (χ2n) is 24.5. The summed E-state index contributed by atoms with van der Waals surface area (Å²) in [6.07, 6.45) is 0. The summed E-state index contributed by atoms with van der Waals surface area (Å²) in [4.78, 5) is 4.74. The Morgan fingerprint density at radius 2 is 0.655 bits per heavy atom. The van der Waals surface area contributed by atoms with Crippen molar-refractivity contribution in [1.29, 1.82) is 0 Å². The van der Waals surface area contributed by atoms with E-state index < -0.39 is 0 Å². The highest BCUT2D eigenvalue weighted by molar-refractivity contribution is 6.10. The molecule has 0 N–H and O–H groups in total. The van der Waals surface area contributed by atoms with Gasteiger partial charge in [-0.05, 0) is 186 Å². The molecular weight excluding hydrogens is 1050 g/mol. The van der Waals surface area contributed by atoms with Crippen LogP contribution in [-0.4, -0.2) is 4.57 Å².